The van der Waals surface area contributed by atoms with Crippen molar-refractivity contribution in [2.45, 2.75) is 24.0 Å². The minimum atomic E-state index is -0.945. The van der Waals surface area contributed by atoms with Crippen molar-refractivity contribution < 1.29 is 28.9 Å². The highest BCUT2D eigenvalue weighted by atomic mass is 32.2. The summed E-state index contributed by atoms with van der Waals surface area (Å²) in [5.74, 6) is 0.478. The number of hydrogen-bond acceptors (Lipinski definition) is 7. The van der Waals surface area contributed by atoms with Gasteiger partial charge in [-0.25, -0.2) is 4.79 Å². The van der Waals surface area contributed by atoms with E-state index in [4.69, 9.17) is 14.2 Å². The Labute approximate surface area is 173 Å². The molecule has 0 saturated carbocycles. The molecule has 2 aromatic rings. The number of ether oxygens (including phenoxy) is 3. The fraction of sp³-hybridized carbons (Fsp3) is 0.273. The van der Waals surface area contributed by atoms with Gasteiger partial charge in [0.15, 0.2) is 6.61 Å². The van der Waals surface area contributed by atoms with E-state index in [1.165, 1.54) is 11.8 Å². The molecule has 152 valence electrons. The van der Waals surface area contributed by atoms with Crippen LogP contribution in [0.5, 0.6) is 5.75 Å². The van der Waals surface area contributed by atoms with Gasteiger partial charge < -0.3 is 19.3 Å². The van der Waals surface area contributed by atoms with E-state index in [9.17, 15) is 14.7 Å². The van der Waals surface area contributed by atoms with Gasteiger partial charge >= 0.3 is 11.9 Å². The van der Waals surface area contributed by atoms with Crippen LogP contribution in [0.1, 0.15) is 18.1 Å². The molecular formula is C22H22O6S. The second-order valence-corrected chi connectivity index (χ2v) is 7.41. The lowest BCUT2D eigenvalue weighted by molar-refractivity contribution is -0.145. The average molecular weight is 414 g/mol. The van der Waals surface area contributed by atoms with Gasteiger partial charge in [-0.1, -0.05) is 30.3 Å². The van der Waals surface area contributed by atoms with Crippen LogP contribution in [0, 0.1) is 0 Å². The standard InChI is InChI=1S/C22H22O6S/c1-2-26-20(24)13-27-17-10-8-16(9-11-17)19-12-18(23)21(22(25)28-19)29-14-15-6-4-3-5-7-15/h3-12,18,21,23H,2,13-14H2,1H3. The predicted molar refractivity (Wildman–Crippen MR) is 110 cm³/mol. The highest BCUT2D eigenvalue weighted by Gasteiger charge is 2.33. The maximum atomic E-state index is 12.4. The zero-order chi connectivity index (χ0) is 20.6. The lowest BCUT2D eigenvalue weighted by Crippen LogP contribution is -2.35. The quantitative estimate of drug-likeness (QED) is 0.664. The van der Waals surface area contributed by atoms with Gasteiger partial charge in [-0.3, -0.25) is 4.79 Å². The van der Waals surface area contributed by atoms with Gasteiger partial charge in [0.05, 0.1) is 12.7 Å². The summed E-state index contributed by atoms with van der Waals surface area (Å²) >= 11 is 1.35. The Hall–Kier alpha value is -2.77. The Bertz CT molecular complexity index is 863. The molecule has 3 rings (SSSR count). The summed E-state index contributed by atoms with van der Waals surface area (Å²) < 4.78 is 15.6. The summed E-state index contributed by atoms with van der Waals surface area (Å²) in [4.78, 5) is 23.7. The lowest BCUT2D eigenvalue weighted by atomic mass is 10.1. The van der Waals surface area contributed by atoms with Crippen LogP contribution in [0.4, 0.5) is 0 Å². The van der Waals surface area contributed by atoms with Gasteiger partial charge in [-0.05, 0) is 42.8 Å². The third-order valence-corrected chi connectivity index (χ3v) is 5.48. The highest BCUT2D eigenvalue weighted by molar-refractivity contribution is 7.99. The molecule has 1 N–H and O–H groups in total. The van der Waals surface area contributed by atoms with Gasteiger partial charge in [0, 0.05) is 11.3 Å². The first-order chi connectivity index (χ1) is 14.1. The van der Waals surface area contributed by atoms with Gasteiger partial charge in [-0.15, -0.1) is 11.8 Å². The summed E-state index contributed by atoms with van der Waals surface area (Å²) in [5.41, 5.74) is 1.71. The van der Waals surface area contributed by atoms with E-state index in [0.29, 0.717) is 29.4 Å². The molecule has 2 aromatic carbocycles. The molecule has 1 aliphatic rings. The Morgan fingerprint density at radius 1 is 1.14 bits per heavy atom. The first-order valence-corrected chi connectivity index (χ1v) is 10.3. The molecule has 0 aromatic heterocycles. The lowest BCUT2D eigenvalue weighted by Gasteiger charge is -2.25. The minimum Gasteiger partial charge on any atom is -0.482 e. The van der Waals surface area contributed by atoms with Crippen molar-refractivity contribution >= 4 is 29.5 Å². The van der Waals surface area contributed by atoms with Crippen molar-refractivity contribution in [3.8, 4) is 5.75 Å². The molecule has 7 heteroatoms. The summed E-state index contributed by atoms with van der Waals surface area (Å²) in [6, 6.07) is 16.5. The first-order valence-electron chi connectivity index (χ1n) is 9.22. The van der Waals surface area contributed by atoms with Crippen LogP contribution in [0.2, 0.25) is 0 Å². The van der Waals surface area contributed by atoms with Crippen molar-refractivity contribution in [1.29, 1.82) is 0 Å². The molecular weight excluding hydrogens is 392 g/mol. The van der Waals surface area contributed by atoms with Gasteiger partial charge in [0.25, 0.3) is 0 Å². The fourth-order valence-corrected chi connectivity index (χ4v) is 3.75. The number of aliphatic hydroxyl groups is 1. The maximum absolute atomic E-state index is 12.4. The summed E-state index contributed by atoms with van der Waals surface area (Å²) in [5, 5.41) is 9.75. The molecule has 1 aliphatic heterocycles. The van der Waals surface area contributed by atoms with Gasteiger partial charge in [-0.2, -0.15) is 0 Å². The summed E-state index contributed by atoms with van der Waals surface area (Å²) in [6.07, 6.45) is 0.595. The number of cyclic esters (lactones) is 1. The Kier molecular flexibility index (Phi) is 7.32. The van der Waals surface area contributed by atoms with Crippen LogP contribution in [0.25, 0.3) is 5.76 Å². The smallest absolute Gasteiger partial charge is 0.344 e. The zero-order valence-electron chi connectivity index (χ0n) is 15.9. The maximum Gasteiger partial charge on any atom is 0.344 e. The van der Waals surface area contributed by atoms with Crippen molar-refractivity contribution in [3.05, 3.63) is 71.8 Å². The molecule has 0 aliphatic carbocycles. The predicted octanol–water partition coefficient (Wildman–Crippen LogP) is 3.19. The largest absolute Gasteiger partial charge is 0.482 e. The van der Waals surface area contributed by atoms with Gasteiger partial charge in [0.1, 0.15) is 16.8 Å². The van der Waals surface area contributed by atoms with E-state index in [1.54, 1.807) is 37.3 Å². The molecule has 1 heterocycles. The molecule has 6 nitrogen and oxygen atoms in total. The van der Waals surface area contributed by atoms with Crippen molar-refractivity contribution in [2.75, 3.05) is 13.2 Å². The number of carbonyl (C=O) groups is 2. The van der Waals surface area contributed by atoms with E-state index in [0.717, 1.165) is 5.56 Å². The van der Waals surface area contributed by atoms with E-state index >= 15 is 0 Å². The highest BCUT2D eigenvalue weighted by Crippen LogP contribution is 2.31. The normalized spacial score (nSPS) is 18.6. The molecule has 2 atom stereocenters. The van der Waals surface area contributed by atoms with E-state index in [2.05, 4.69) is 0 Å². The van der Waals surface area contributed by atoms with Gasteiger partial charge in [0.2, 0.25) is 0 Å². The molecule has 0 bridgehead atoms. The minimum absolute atomic E-state index is 0.177. The Morgan fingerprint density at radius 2 is 1.86 bits per heavy atom. The molecule has 0 amide bonds. The number of aliphatic hydroxyl groups excluding tert-OH is 1. The molecule has 0 radical (unpaired) electrons. The monoisotopic (exact) mass is 414 g/mol. The summed E-state index contributed by atoms with van der Waals surface area (Å²) in [6.45, 7) is 1.85. The number of benzene rings is 2. The first kappa shape index (κ1) is 21.0. The van der Waals surface area contributed by atoms with Crippen molar-refractivity contribution in [1.82, 2.24) is 0 Å². The fourth-order valence-electron chi connectivity index (χ4n) is 2.72. The van der Waals surface area contributed by atoms with Crippen LogP contribution in [0.15, 0.2) is 60.7 Å². The second kappa shape index (κ2) is 10.1. The molecule has 2 unspecified atom stereocenters. The van der Waals surface area contributed by atoms with Crippen LogP contribution in [0.3, 0.4) is 0 Å². The van der Waals surface area contributed by atoms with Crippen LogP contribution >= 0.6 is 11.8 Å². The number of thioether (sulfide) groups is 1. The van der Waals surface area contributed by atoms with E-state index in [-0.39, 0.29) is 6.61 Å². The average Bonchev–Trinajstić information content (AvgIpc) is 2.73. The van der Waals surface area contributed by atoms with Crippen LogP contribution in [-0.2, 0) is 24.8 Å². The van der Waals surface area contributed by atoms with Crippen LogP contribution < -0.4 is 4.74 Å². The number of rotatable bonds is 8. The molecule has 0 spiro atoms. The van der Waals surface area contributed by atoms with E-state index in [1.807, 2.05) is 30.3 Å². The van der Waals surface area contributed by atoms with Crippen LogP contribution in [-0.4, -0.2) is 41.6 Å². The third kappa shape index (κ3) is 5.85. The van der Waals surface area contributed by atoms with Crippen molar-refractivity contribution in [2.24, 2.45) is 0 Å². The summed E-state index contributed by atoms with van der Waals surface area (Å²) in [7, 11) is 0. The second-order valence-electron chi connectivity index (χ2n) is 6.28. The number of hydrogen-bond donors (Lipinski definition) is 1. The number of carbonyl (C=O) groups excluding carboxylic acids is 2. The molecule has 29 heavy (non-hydrogen) atoms. The Morgan fingerprint density at radius 3 is 2.52 bits per heavy atom. The van der Waals surface area contributed by atoms with Crippen molar-refractivity contribution in [3.63, 3.8) is 0 Å². The zero-order valence-corrected chi connectivity index (χ0v) is 16.8. The number of esters is 2. The third-order valence-electron chi connectivity index (χ3n) is 4.15. The topological polar surface area (TPSA) is 82.1 Å². The molecule has 0 fully saturated rings. The van der Waals surface area contributed by atoms with E-state index < -0.39 is 23.3 Å². The Balaban J connectivity index is 1.60. The SMILES string of the molecule is CCOC(=O)COc1ccc(C2=CC(O)C(SCc3ccccc3)C(=O)O2)cc1. The molecule has 0 saturated heterocycles.